The number of rotatable bonds is 7. The number of hydrogen-bond acceptors (Lipinski definition) is 3. The average Bonchev–Trinajstić information content (AvgIpc) is 2.86. The van der Waals surface area contributed by atoms with Crippen molar-refractivity contribution in [2.75, 3.05) is 19.8 Å². The van der Waals surface area contributed by atoms with Gasteiger partial charge in [-0.25, -0.2) is 0 Å². The van der Waals surface area contributed by atoms with E-state index in [0.29, 0.717) is 5.92 Å². The van der Waals surface area contributed by atoms with Crippen LogP contribution in [0.25, 0.3) is 0 Å². The third-order valence-electron chi connectivity index (χ3n) is 4.84. The van der Waals surface area contributed by atoms with Gasteiger partial charge < -0.3 is 15.2 Å². The second-order valence-corrected chi connectivity index (χ2v) is 6.34. The summed E-state index contributed by atoms with van der Waals surface area (Å²) in [4.78, 5) is 0. The van der Waals surface area contributed by atoms with Crippen LogP contribution in [0.15, 0.2) is 18.2 Å². The minimum Gasteiger partial charge on any atom is -0.493 e. The molecule has 1 saturated carbocycles. The molecule has 1 fully saturated rings. The Morgan fingerprint density at radius 1 is 1.38 bits per heavy atom. The molecule has 2 N–H and O–H groups in total. The molecule has 0 radical (unpaired) electrons. The molecule has 0 bridgehead atoms. The first-order valence-electron chi connectivity index (χ1n) is 8.17. The maximum atomic E-state index is 9.81. The van der Waals surface area contributed by atoms with Crippen molar-refractivity contribution in [3.63, 3.8) is 0 Å². The van der Waals surface area contributed by atoms with Gasteiger partial charge in [0.15, 0.2) is 0 Å². The van der Waals surface area contributed by atoms with Crippen LogP contribution in [0.3, 0.4) is 0 Å². The zero-order chi connectivity index (χ0) is 15.3. The molecule has 3 heteroatoms. The normalized spacial score (nSPS) is 25.2. The summed E-state index contributed by atoms with van der Waals surface area (Å²) in [6.07, 6.45) is 4.46. The van der Waals surface area contributed by atoms with Crippen molar-refractivity contribution < 1.29 is 9.84 Å². The van der Waals surface area contributed by atoms with E-state index in [0.717, 1.165) is 31.7 Å². The quantitative estimate of drug-likeness (QED) is 0.810. The second kappa shape index (κ2) is 7.28. The van der Waals surface area contributed by atoms with Crippen molar-refractivity contribution in [3.05, 3.63) is 29.3 Å². The molecule has 1 aromatic carbocycles. The lowest BCUT2D eigenvalue weighted by Gasteiger charge is -2.35. The molecule has 118 valence electrons. The van der Waals surface area contributed by atoms with Gasteiger partial charge >= 0.3 is 0 Å². The molecule has 0 amide bonds. The second-order valence-electron chi connectivity index (χ2n) is 6.34. The fourth-order valence-corrected chi connectivity index (χ4v) is 3.59. The fraction of sp³-hybridized carbons (Fsp3) is 0.667. The molecule has 3 nitrogen and oxygen atoms in total. The smallest absolute Gasteiger partial charge is 0.122 e. The van der Waals surface area contributed by atoms with E-state index in [4.69, 9.17) is 4.74 Å². The van der Waals surface area contributed by atoms with Crippen molar-refractivity contribution >= 4 is 0 Å². The molecular weight excluding hydrogens is 262 g/mol. The third-order valence-corrected chi connectivity index (χ3v) is 4.84. The molecule has 2 rings (SSSR count). The number of nitrogens with one attached hydrogen (secondary N) is 1. The highest BCUT2D eigenvalue weighted by Crippen LogP contribution is 2.37. The van der Waals surface area contributed by atoms with Crippen LogP contribution in [0.1, 0.15) is 43.7 Å². The number of aliphatic hydroxyl groups excluding tert-OH is 1. The molecule has 1 aliphatic carbocycles. The molecule has 1 aromatic rings. The average molecular weight is 291 g/mol. The Labute approximate surface area is 128 Å². The Morgan fingerprint density at radius 2 is 2.19 bits per heavy atom. The topological polar surface area (TPSA) is 41.5 Å². The highest BCUT2D eigenvalue weighted by molar-refractivity contribution is 5.35. The summed E-state index contributed by atoms with van der Waals surface area (Å²) < 4.78 is 5.99. The maximum absolute atomic E-state index is 9.81. The van der Waals surface area contributed by atoms with Crippen LogP contribution in [0.5, 0.6) is 5.75 Å². The number of aliphatic hydroxyl groups is 1. The Morgan fingerprint density at radius 3 is 2.90 bits per heavy atom. The highest BCUT2D eigenvalue weighted by Gasteiger charge is 2.41. The van der Waals surface area contributed by atoms with E-state index in [1.807, 2.05) is 0 Å². The summed E-state index contributed by atoms with van der Waals surface area (Å²) in [5.74, 6) is 1.50. The van der Waals surface area contributed by atoms with Gasteiger partial charge in [0, 0.05) is 5.54 Å². The van der Waals surface area contributed by atoms with Gasteiger partial charge in [-0.3, -0.25) is 0 Å². The van der Waals surface area contributed by atoms with E-state index in [2.05, 4.69) is 44.3 Å². The first-order valence-corrected chi connectivity index (χ1v) is 8.17. The summed E-state index contributed by atoms with van der Waals surface area (Å²) in [6, 6.07) is 6.32. The summed E-state index contributed by atoms with van der Waals surface area (Å²) in [5, 5.41) is 13.3. The van der Waals surface area contributed by atoms with Gasteiger partial charge in [-0.2, -0.15) is 0 Å². The Hall–Kier alpha value is -1.06. The predicted octanol–water partition coefficient (Wildman–Crippen LogP) is 3.21. The number of ether oxygens (including phenoxy) is 1. The molecule has 1 aliphatic rings. The van der Waals surface area contributed by atoms with Gasteiger partial charge in [0.25, 0.3) is 0 Å². The van der Waals surface area contributed by atoms with Crippen LogP contribution < -0.4 is 10.1 Å². The zero-order valence-electron chi connectivity index (χ0n) is 13.6. The van der Waals surface area contributed by atoms with Crippen molar-refractivity contribution in [1.29, 1.82) is 0 Å². The van der Waals surface area contributed by atoms with Gasteiger partial charge in [-0.05, 0) is 62.8 Å². The summed E-state index contributed by atoms with van der Waals surface area (Å²) in [6.45, 7) is 8.15. The van der Waals surface area contributed by atoms with Gasteiger partial charge in [-0.15, -0.1) is 0 Å². The van der Waals surface area contributed by atoms with Crippen molar-refractivity contribution in [3.8, 4) is 5.75 Å². The minimum atomic E-state index is -0.0836. The van der Waals surface area contributed by atoms with Gasteiger partial charge in [0.2, 0.25) is 0 Å². The highest BCUT2D eigenvalue weighted by atomic mass is 16.5. The van der Waals surface area contributed by atoms with E-state index in [-0.39, 0.29) is 12.1 Å². The van der Waals surface area contributed by atoms with E-state index in [1.165, 1.54) is 24.0 Å². The number of likely N-dealkylation sites (N-methyl/N-ethyl adjacent to an activating group) is 1. The third kappa shape index (κ3) is 3.78. The largest absolute Gasteiger partial charge is 0.493 e. The lowest BCUT2D eigenvalue weighted by molar-refractivity contribution is 0.111. The molecule has 0 aromatic heterocycles. The monoisotopic (exact) mass is 291 g/mol. The maximum Gasteiger partial charge on any atom is 0.122 e. The first kappa shape index (κ1) is 16.3. The number of hydrogen-bond donors (Lipinski definition) is 2. The van der Waals surface area contributed by atoms with Crippen molar-refractivity contribution in [2.24, 2.45) is 5.92 Å². The summed E-state index contributed by atoms with van der Waals surface area (Å²) >= 11 is 0. The summed E-state index contributed by atoms with van der Waals surface area (Å²) in [7, 11) is 0. The molecule has 0 heterocycles. The molecule has 0 aliphatic heterocycles. The van der Waals surface area contributed by atoms with E-state index >= 15 is 0 Å². The lowest BCUT2D eigenvalue weighted by Crippen LogP contribution is -2.51. The van der Waals surface area contributed by atoms with Gasteiger partial charge in [0.1, 0.15) is 5.75 Å². The standard InChI is InChI=1S/C18H29NO2/c1-4-19-18(13-20)10-5-6-16(18)9-11-21-17-12-14(2)7-8-15(17)3/h7-8,12,16,19-20H,4-6,9-11,13H2,1-3H3. The predicted molar refractivity (Wildman–Crippen MR) is 86.9 cm³/mol. The van der Waals surface area contributed by atoms with E-state index < -0.39 is 0 Å². The van der Waals surface area contributed by atoms with Crippen molar-refractivity contribution in [1.82, 2.24) is 5.32 Å². The van der Waals surface area contributed by atoms with Crippen LogP contribution in [0.2, 0.25) is 0 Å². The van der Waals surface area contributed by atoms with Crippen molar-refractivity contribution in [2.45, 2.75) is 52.0 Å². The first-order chi connectivity index (χ1) is 10.1. The van der Waals surface area contributed by atoms with Gasteiger partial charge in [-0.1, -0.05) is 25.5 Å². The molecular formula is C18H29NO2. The molecule has 21 heavy (non-hydrogen) atoms. The van der Waals surface area contributed by atoms with Gasteiger partial charge in [0.05, 0.1) is 13.2 Å². The number of benzene rings is 1. The SMILES string of the molecule is CCNC1(CO)CCCC1CCOc1cc(C)ccc1C. The Bertz CT molecular complexity index is 461. The minimum absolute atomic E-state index is 0.0836. The van der Waals surface area contributed by atoms with Crippen LogP contribution in [0.4, 0.5) is 0 Å². The fourth-order valence-electron chi connectivity index (χ4n) is 3.59. The van der Waals surface area contributed by atoms with Crippen LogP contribution in [0, 0.1) is 19.8 Å². The van der Waals surface area contributed by atoms with Crippen LogP contribution >= 0.6 is 0 Å². The molecule has 0 spiro atoms. The zero-order valence-corrected chi connectivity index (χ0v) is 13.6. The Balaban J connectivity index is 1.91. The molecule has 2 unspecified atom stereocenters. The van der Waals surface area contributed by atoms with E-state index in [1.54, 1.807) is 0 Å². The van der Waals surface area contributed by atoms with Crippen LogP contribution in [-0.2, 0) is 0 Å². The lowest BCUT2D eigenvalue weighted by atomic mass is 9.85. The van der Waals surface area contributed by atoms with E-state index in [9.17, 15) is 5.11 Å². The summed E-state index contributed by atoms with van der Waals surface area (Å²) in [5.41, 5.74) is 2.33. The van der Waals surface area contributed by atoms with Crippen LogP contribution in [-0.4, -0.2) is 30.4 Å². The molecule has 0 saturated heterocycles. The number of aryl methyl sites for hydroxylation is 2. The molecule has 2 atom stereocenters. The Kier molecular flexibility index (Phi) is 5.65.